The molecule has 2 aromatic carbocycles. The summed E-state index contributed by atoms with van der Waals surface area (Å²) < 4.78 is 5.25. The maximum atomic E-state index is 13.2. The average Bonchev–Trinajstić information content (AvgIpc) is 2.86. The normalized spacial score (nSPS) is 15.0. The van der Waals surface area contributed by atoms with Crippen molar-refractivity contribution >= 4 is 23.6 Å². The minimum Gasteiger partial charge on any atom is -0.497 e. The van der Waals surface area contributed by atoms with Crippen molar-refractivity contribution in [3.8, 4) is 5.75 Å². The van der Waals surface area contributed by atoms with E-state index in [0.717, 1.165) is 48.5 Å². The van der Waals surface area contributed by atoms with Crippen molar-refractivity contribution in [2.45, 2.75) is 69.8 Å². The number of carbonyl (C=O) groups excluding carboxylic acids is 2. The van der Waals surface area contributed by atoms with Crippen LogP contribution in [-0.4, -0.2) is 41.7 Å². The summed E-state index contributed by atoms with van der Waals surface area (Å²) in [5, 5.41) is 3.19. The maximum Gasteiger partial charge on any atom is 0.242 e. The first-order valence-corrected chi connectivity index (χ1v) is 13.1. The highest BCUT2D eigenvalue weighted by molar-refractivity contribution is 7.98. The topological polar surface area (TPSA) is 58.6 Å². The maximum absolute atomic E-state index is 13.2. The molecule has 1 aliphatic rings. The number of thioether (sulfide) groups is 1. The first-order chi connectivity index (χ1) is 16.1. The van der Waals surface area contributed by atoms with E-state index in [0.29, 0.717) is 13.0 Å². The molecule has 1 aliphatic carbocycles. The van der Waals surface area contributed by atoms with Crippen LogP contribution in [0.4, 0.5) is 0 Å². The molecule has 1 atom stereocenters. The fourth-order valence-electron chi connectivity index (χ4n) is 4.15. The zero-order valence-corrected chi connectivity index (χ0v) is 20.6. The lowest BCUT2D eigenvalue weighted by molar-refractivity contribution is -0.140. The van der Waals surface area contributed by atoms with Crippen molar-refractivity contribution < 1.29 is 14.3 Å². The molecule has 0 unspecified atom stereocenters. The van der Waals surface area contributed by atoms with Gasteiger partial charge in [0.15, 0.2) is 0 Å². The van der Waals surface area contributed by atoms with Gasteiger partial charge in [-0.3, -0.25) is 9.59 Å². The molecule has 0 bridgehead atoms. The number of rotatable bonds is 11. The van der Waals surface area contributed by atoms with Crippen LogP contribution in [0.25, 0.3) is 0 Å². The van der Waals surface area contributed by atoms with Crippen molar-refractivity contribution in [1.82, 2.24) is 10.2 Å². The number of benzene rings is 2. The van der Waals surface area contributed by atoms with E-state index in [2.05, 4.69) is 17.4 Å². The number of nitrogens with zero attached hydrogens (tertiary/aromatic N) is 1. The molecule has 3 rings (SSSR count). The molecule has 2 aromatic rings. The second-order valence-corrected chi connectivity index (χ2v) is 9.78. The molecule has 0 radical (unpaired) electrons. The Bertz CT molecular complexity index is 867. The highest BCUT2D eigenvalue weighted by Crippen LogP contribution is 2.20. The van der Waals surface area contributed by atoms with Crippen LogP contribution in [-0.2, 0) is 21.9 Å². The molecule has 1 saturated carbocycles. The summed E-state index contributed by atoms with van der Waals surface area (Å²) in [6.45, 7) is 2.25. The second kappa shape index (κ2) is 13.3. The lowest BCUT2D eigenvalue weighted by atomic mass is 9.95. The second-order valence-electron chi connectivity index (χ2n) is 8.68. The summed E-state index contributed by atoms with van der Waals surface area (Å²) in [6, 6.07) is 17.7. The fourth-order valence-corrected chi connectivity index (χ4v) is 5.04. The summed E-state index contributed by atoms with van der Waals surface area (Å²) >= 11 is 1.75. The van der Waals surface area contributed by atoms with Crippen LogP contribution >= 0.6 is 11.8 Å². The van der Waals surface area contributed by atoms with Crippen LogP contribution in [0.2, 0.25) is 0 Å². The van der Waals surface area contributed by atoms with Crippen LogP contribution in [0.3, 0.4) is 0 Å². The van der Waals surface area contributed by atoms with E-state index in [4.69, 9.17) is 4.74 Å². The Balaban J connectivity index is 1.61. The van der Waals surface area contributed by atoms with E-state index < -0.39 is 6.04 Å². The van der Waals surface area contributed by atoms with Gasteiger partial charge in [-0.25, -0.2) is 0 Å². The van der Waals surface area contributed by atoms with Gasteiger partial charge in [-0.2, -0.15) is 11.8 Å². The molecular formula is C27H36N2O3S. The fraction of sp³-hybridized carbons (Fsp3) is 0.481. The van der Waals surface area contributed by atoms with Crippen LogP contribution in [0, 0.1) is 0 Å². The Kier molecular flexibility index (Phi) is 10.1. The number of hydrogen-bond donors (Lipinski definition) is 1. The monoisotopic (exact) mass is 468 g/mol. The third kappa shape index (κ3) is 8.11. The Morgan fingerprint density at radius 2 is 1.73 bits per heavy atom. The molecule has 33 heavy (non-hydrogen) atoms. The van der Waals surface area contributed by atoms with Gasteiger partial charge < -0.3 is 15.0 Å². The van der Waals surface area contributed by atoms with Gasteiger partial charge in [-0.15, -0.1) is 0 Å². The SMILES string of the molecule is COc1ccc(CN(C(=O)CCSCc2ccccc2)[C@@H](C)C(=O)NC2CCCCC2)cc1. The number of ether oxygens (including phenoxy) is 1. The molecular weight excluding hydrogens is 432 g/mol. The largest absolute Gasteiger partial charge is 0.497 e. The molecule has 0 aromatic heterocycles. The van der Waals surface area contributed by atoms with Crippen molar-refractivity contribution in [3.05, 3.63) is 65.7 Å². The molecule has 178 valence electrons. The molecule has 0 saturated heterocycles. The van der Waals surface area contributed by atoms with Crippen LogP contribution in [0.5, 0.6) is 5.75 Å². The van der Waals surface area contributed by atoms with Crippen LogP contribution in [0.1, 0.15) is 56.6 Å². The van der Waals surface area contributed by atoms with Crippen LogP contribution < -0.4 is 10.1 Å². The third-order valence-corrected chi connectivity index (χ3v) is 7.23. The van der Waals surface area contributed by atoms with E-state index in [1.807, 2.05) is 49.4 Å². The summed E-state index contributed by atoms with van der Waals surface area (Å²) in [5.74, 6) is 2.34. The number of amides is 2. The lowest BCUT2D eigenvalue weighted by Gasteiger charge is -2.31. The quantitative estimate of drug-likeness (QED) is 0.462. The lowest BCUT2D eigenvalue weighted by Crippen LogP contribution is -2.50. The van der Waals surface area contributed by atoms with Gasteiger partial charge in [-0.05, 0) is 43.0 Å². The molecule has 1 N–H and O–H groups in total. The zero-order chi connectivity index (χ0) is 23.5. The molecule has 5 nitrogen and oxygen atoms in total. The molecule has 2 amide bonds. The molecule has 0 spiro atoms. The predicted molar refractivity (Wildman–Crippen MR) is 135 cm³/mol. The standard InChI is InChI=1S/C27H36N2O3S/c1-21(27(31)28-24-11-7-4-8-12-24)29(19-22-13-15-25(32-2)16-14-22)26(30)17-18-33-20-23-9-5-3-6-10-23/h3,5-6,9-10,13-16,21,24H,4,7-8,11-12,17-20H2,1-2H3,(H,28,31)/t21-/m0/s1. The van der Waals surface area contributed by atoms with E-state index in [1.54, 1.807) is 23.8 Å². The summed E-state index contributed by atoms with van der Waals surface area (Å²) in [5.41, 5.74) is 2.24. The average molecular weight is 469 g/mol. The van der Waals surface area contributed by atoms with Gasteiger partial charge in [0.2, 0.25) is 11.8 Å². The molecule has 0 heterocycles. The first kappa shape index (κ1) is 25.2. The van der Waals surface area contributed by atoms with Gasteiger partial charge in [0.1, 0.15) is 11.8 Å². The van der Waals surface area contributed by atoms with E-state index in [9.17, 15) is 9.59 Å². The third-order valence-electron chi connectivity index (χ3n) is 6.20. The Labute approximate surface area is 202 Å². The highest BCUT2D eigenvalue weighted by Gasteiger charge is 2.27. The summed E-state index contributed by atoms with van der Waals surface area (Å²) in [4.78, 5) is 28.0. The zero-order valence-electron chi connectivity index (χ0n) is 19.8. The summed E-state index contributed by atoms with van der Waals surface area (Å²) in [6.07, 6.45) is 6.03. The highest BCUT2D eigenvalue weighted by atomic mass is 32.2. The smallest absolute Gasteiger partial charge is 0.242 e. The minimum atomic E-state index is -0.513. The molecule has 0 aliphatic heterocycles. The number of methoxy groups -OCH3 is 1. The van der Waals surface area contributed by atoms with E-state index >= 15 is 0 Å². The molecule has 1 fully saturated rings. The Hall–Kier alpha value is -2.47. The van der Waals surface area contributed by atoms with E-state index in [-0.39, 0.29) is 17.9 Å². The molecule has 6 heteroatoms. The van der Waals surface area contributed by atoms with Crippen LogP contribution in [0.15, 0.2) is 54.6 Å². The van der Waals surface area contributed by atoms with Gasteiger partial charge in [0, 0.05) is 30.5 Å². The van der Waals surface area contributed by atoms with Gasteiger partial charge >= 0.3 is 0 Å². The van der Waals surface area contributed by atoms with Crippen molar-refractivity contribution in [3.63, 3.8) is 0 Å². The number of nitrogens with one attached hydrogen (secondary N) is 1. The number of hydrogen-bond acceptors (Lipinski definition) is 4. The van der Waals surface area contributed by atoms with Gasteiger partial charge in [-0.1, -0.05) is 61.7 Å². The Morgan fingerprint density at radius 1 is 1.03 bits per heavy atom. The Morgan fingerprint density at radius 3 is 2.39 bits per heavy atom. The van der Waals surface area contributed by atoms with Crippen molar-refractivity contribution in [1.29, 1.82) is 0 Å². The summed E-state index contributed by atoms with van der Waals surface area (Å²) in [7, 11) is 1.63. The van der Waals surface area contributed by atoms with E-state index in [1.165, 1.54) is 12.0 Å². The van der Waals surface area contributed by atoms with Gasteiger partial charge in [0.25, 0.3) is 0 Å². The minimum absolute atomic E-state index is 0.0117. The van der Waals surface area contributed by atoms with Crippen molar-refractivity contribution in [2.75, 3.05) is 12.9 Å². The predicted octanol–water partition coefficient (Wildman–Crippen LogP) is 5.18. The number of carbonyl (C=O) groups is 2. The first-order valence-electron chi connectivity index (χ1n) is 11.9. The van der Waals surface area contributed by atoms with Crippen molar-refractivity contribution in [2.24, 2.45) is 0 Å². The van der Waals surface area contributed by atoms with Gasteiger partial charge in [0.05, 0.1) is 7.11 Å².